The van der Waals surface area contributed by atoms with Gasteiger partial charge in [0, 0.05) is 5.02 Å². The fraction of sp³-hybridized carbons (Fsp3) is 0.176. The standard InChI is InChI=1S/C17H15Cl3N2O4/c1-10(26-15-7-6-11(18)8-13(15)20)17(24)22-21-16(23)9-25-14-5-3-2-4-12(14)19/h2-8,10H,9H2,1H3,(H,21,23)(H,22,24). The first kappa shape index (κ1) is 20.2. The van der Waals surface area contributed by atoms with E-state index in [1.807, 2.05) is 0 Å². The largest absolute Gasteiger partial charge is 0.482 e. The normalized spacial score (nSPS) is 11.4. The maximum absolute atomic E-state index is 12.0. The van der Waals surface area contributed by atoms with E-state index in [1.54, 1.807) is 36.4 Å². The highest BCUT2D eigenvalue weighted by atomic mass is 35.5. The second-order valence-electron chi connectivity index (χ2n) is 5.09. The zero-order valence-electron chi connectivity index (χ0n) is 13.6. The van der Waals surface area contributed by atoms with Gasteiger partial charge in [0.25, 0.3) is 11.8 Å². The molecular formula is C17H15Cl3N2O4. The minimum atomic E-state index is -0.904. The summed E-state index contributed by atoms with van der Waals surface area (Å²) in [7, 11) is 0. The van der Waals surface area contributed by atoms with Crippen molar-refractivity contribution in [2.45, 2.75) is 13.0 Å². The number of hydrogen-bond acceptors (Lipinski definition) is 4. The summed E-state index contributed by atoms with van der Waals surface area (Å²) in [6, 6.07) is 11.4. The topological polar surface area (TPSA) is 76.7 Å². The summed E-state index contributed by atoms with van der Waals surface area (Å²) >= 11 is 17.7. The van der Waals surface area contributed by atoms with E-state index in [0.29, 0.717) is 21.5 Å². The molecular weight excluding hydrogens is 403 g/mol. The summed E-state index contributed by atoms with van der Waals surface area (Å²) in [6.45, 7) is 1.19. The fourth-order valence-electron chi connectivity index (χ4n) is 1.79. The third-order valence-corrected chi connectivity index (χ3v) is 3.93. The van der Waals surface area contributed by atoms with E-state index in [-0.39, 0.29) is 11.6 Å². The molecule has 2 N–H and O–H groups in total. The van der Waals surface area contributed by atoms with Gasteiger partial charge in [-0.15, -0.1) is 0 Å². The van der Waals surface area contributed by atoms with Crippen LogP contribution in [0.15, 0.2) is 42.5 Å². The highest BCUT2D eigenvalue weighted by Gasteiger charge is 2.17. The average molecular weight is 418 g/mol. The smallest absolute Gasteiger partial charge is 0.279 e. The number of rotatable bonds is 6. The first-order valence-corrected chi connectivity index (χ1v) is 8.58. The van der Waals surface area contributed by atoms with Crippen LogP contribution in [0.3, 0.4) is 0 Å². The summed E-state index contributed by atoms with van der Waals surface area (Å²) in [5.74, 6) is -0.464. The molecule has 0 aliphatic heterocycles. The Kier molecular flexibility index (Phi) is 7.38. The van der Waals surface area contributed by atoms with Gasteiger partial charge in [-0.25, -0.2) is 0 Å². The SMILES string of the molecule is CC(Oc1ccc(Cl)cc1Cl)C(=O)NNC(=O)COc1ccccc1Cl. The molecule has 26 heavy (non-hydrogen) atoms. The highest BCUT2D eigenvalue weighted by Crippen LogP contribution is 2.28. The summed E-state index contributed by atoms with van der Waals surface area (Å²) in [6.07, 6.45) is -0.904. The van der Waals surface area contributed by atoms with Crippen molar-refractivity contribution in [2.75, 3.05) is 6.61 Å². The van der Waals surface area contributed by atoms with Crippen molar-refractivity contribution in [1.82, 2.24) is 10.9 Å². The molecule has 0 fully saturated rings. The van der Waals surface area contributed by atoms with Crippen LogP contribution in [-0.4, -0.2) is 24.5 Å². The average Bonchev–Trinajstić information content (AvgIpc) is 2.61. The van der Waals surface area contributed by atoms with Crippen LogP contribution < -0.4 is 20.3 Å². The summed E-state index contributed by atoms with van der Waals surface area (Å²) in [5.41, 5.74) is 4.46. The van der Waals surface area contributed by atoms with Crippen molar-refractivity contribution in [3.8, 4) is 11.5 Å². The molecule has 6 nitrogen and oxygen atoms in total. The molecule has 0 aromatic heterocycles. The molecule has 138 valence electrons. The lowest BCUT2D eigenvalue weighted by atomic mass is 10.3. The number of hydrazine groups is 1. The van der Waals surface area contributed by atoms with Crippen molar-refractivity contribution in [1.29, 1.82) is 0 Å². The van der Waals surface area contributed by atoms with E-state index in [2.05, 4.69) is 10.9 Å². The lowest BCUT2D eigenvalue weighted by molar-refractivity contribution is -0.133. The van der Waals surface area contributed by atoms with E-state index >= 15 is 0 Å². The Labute approximate surface area is 165 Å². The molecule has 1 unspecified atom stereocenters. The Hall–Kier alpha value is -2.15. The second-order valence-corrected chi connectivity index (χ2v) is 6.34. The number of carbonyl (C=O) groups excluding carboxylic acids is 2. The monoisotopic (exact) mass is 416 g/mol. The van der Waals surface area contributed by atoms with E-state index in [4.69, 9.17) is 44.3 Å². The fourth-order valence-corrected chi connectivity index (χ4v) is 2.43. The quantitative estimate of drug-likeness (QED) is 0.704. The molecule has 0 saturated carbocycles. The van der Waals surface area contributed by atoms with E-state index in [0.717, 1.165) is 0 Å². The summed E-state index contributed by atoms with van der Waals surface area (Å²) in [4.78, 5) is 23.7. The van der Waals surface area contributed by atoms with Crippen molar-refractivity contribution in [3.05, 3.63) is 57.5 Å². The maximum atomic E-state index is 12.0. The van der Waals surface area contributed by atoms with Gasteiger partial charge in [-0.3, -0.25) is 20.4 Å². The van der Waals surface area contributed by atoms with Crippen LogP contribution in [0.1, 0.15) is 6.92 Å². The number of hydrogen-bond donors (Lipinski definition) is 2. The van der Waals surface area contributed by atoms with Gasteiger partial charge in [0.2, 0.25) is 0 Å². The van der Waals surface area contributed by atoms with Gasteiger partial charge in [0.15, 0.2) is 12.7 Å². The van der Waals surface area contributed by atoms with Crippen molar-refractivity contribution in [3.63, 3.8) is 0 Å². The predicted octanol–water partition coefficient (Wildman–Crippen LogP) is 3.64. The van der Waals surface area contributed by atoms with Crippen molar-refractivity contribution in [2.24, 2.45) is 0 Å². The van der Waals surface area contributed by atoms with Gasteiger partial charge in [0.1, 0.15) is 11.5 Å². The molecule has 0 heterocycles. The number of carbonyl (C=O) groups is 2. The van der Waals surface area contributed by atoms with Gasteiger partial charge >= 0.3 is 0 Å². The Balaban J connectivity index is 1.78. The van der Waals surface area contributed by atoms with Gasteiger partial charge in [-0.2, -0.15) is 0 Å². The number of benzene rings is 2. The van der Waals surface area contributed by atoms with Crippen molar-refractivity contribution < 1.29 is 19.1 Å². The van der Waals surface area contributed by atoms with Crippen LogP contribution in [0.25, 0.3) is 0 Å². The molecule has 9 heteroatoms. The molecule has 2 rings (SSSR count). The van der Waals surface area contributed by atoms with Crippen LogP contribution in [0.2, 0.25) is 15.1 Å². The van der Waals surface area contributed by atoms with E-state index < -0.39 is 17.9 Å². The molecule has 0 saturated heterocycles. The molecule has 0 bridgehead atoms. The molecule has 0 radical (unpaired) electrons. The number of amides is 2. The molecule has 0 spiro atoms. The Morgan fingerprint density at radius 1 is 1.00 bits per heavy atom. The minimum absolute atomic E-state index is 0.273. The van der Waals surface area contributed by atoms with Crippen LogP contribution in [0, 0.1) is 0 Å². The van der Waals surface area contributed by atoms with Crippen LogP contribution in [0.5, 0.6) is 11.5 Å². The zero-order chi connectivity index (χ0) is 19.1. The first-order chi connectivity index (χ1) is 12.4. The molecule has 2 aromatic carbocycles. The third kappa shape index (κ3) is 5.98. The predicted molar refractivity (Wildman–Crippen MR) is 99.8 cm³/mol. The summed E-state index contributed by atoms with van der Waals surface area (Å²) in [5, 5.41) is 1.10. The highest BCUT2D eigenvalue weighted by molar-refractivity contribution is 6.35. The summed E-state index contributed by atoms with van der Waals surface area (Å²) < 4.78 is 10.7. The first-order valence-electron chi connectivity index (χ1n) is 7.44. The Bertz CT molecular complexity index is 801. The van der Waals surface area contributed by atoms with Crippen LogP contribution in [-0.2, 0) is 9.59 Å². The van der Waals surface area contributed by atoms with E-state index in [1.165, 1.54) is 13.0 Å². The Morgan fingerprint density at radius 2 is 1.73 bits per heavy atom. The van der Waals surface area contributed by atoms with Gasteiger partial charge in [-0.05, 0) is 37.3 Å². The molecule has 1 atom stereocenters. The molecule has 2 amide bonds. The molecule has 0 aliphatic carbocycles. The Morgan fingerprint density at radius 3 is 2.42 bits per heavy atom. The lowest BCUT2D eigenvalue weighted by Crippen LogP contribution is -2.48. The zero-order valence-corrected chi connectivity index (χ0v) is 15.9. The maximum Gasteiger partial charge on any atom is 0.279 e. The number of para-hydroxylation sites is 1. The van der Waals surface area contributed by atoms with Gasteiger partial charge < -0.3 is 9.47 Å². The second kappa shape index (κ2) is 9.52. The number of ether oxygens (including phenoxy) is 2. The van der Waals surface area contributed by atoms with Gasteiger partial charge in [-0.1, -0.05) is 46.9 Å². The number of nitrogens with one attached hydrogen (secondary N) is 2. The molecule has 0 aliphatic rings. The minimum Gasteiger partial charge on any atom is -0.482 e. The van der Waals surface area contributed by atoms with E-state index in [9.17, 15) is 9.59 Å². The lowest BCUT2D eigenvalue weighted by Gasteiger charge is -2.16. The third-order valence-electron chi connectivity index (χ3n) is 3.09. The number of halogens is 3. The van der Waals surface area contributed by atoms with Gasteiger partial charge in [0.05, 0.1) is 10.0 Å². The van der Waals surface area contributed by atoms with Crippen LogP contribution in [0.4, 0.5) is 0 Å². The van der Waals surface area contributed by atoms with Crippen LogP contribution >= 0.6 is 34.8 Å². The molecule has 2 aromatic rings. The van der Waals surface area contributed by atoms with Crippen molar-refractivity contribution >= 4 is 46.6 Å².